The Hall–Kier alpha value is -1.75. The highest BCUT2D eigenvalue weighted by atomic mass is 32.1. The molecule has 116 valence electrons. The summed E-state index contributed by atoms with van der Waals surface area (Å²) in [7, 11) is 1.77. The first-order valence-corrected chi connectivity index (χ1v) is 8.59. The van der Waals surface area contributed by atoms with Gasteiger partial charge in [-0.15, -0.1) is 11.3 Å². The summed E-state index contributed by atoms with van der Waals surface area (Å²) < 4.78 is 15.0. The van der Waals surface area contributed by atoms with Crippen molar-refractivity contribution in [2.24, 2.45) is 16.0 Å². The molecule has 0 atom stereocenters. The molecule has 1 aliphatic rings. The van der Waals surface area contributed by atoms with E-state index in [4.69, 9.17) is 0 Å². The van der Waals surface area contributed by atoms with Crippen LogP contribution in [0.4, 0.5) is 4.39 Å². The van der Waals surface area contributed by atoms with E-state index in [1.54, 1.807) is 30.5 Å². The quantitative estimate of drug-likeness (QED) is 0.756. The highest BCUT2D eigenvalue weighted by Crippen LogP contribution is 2.23. The van der Waals surface area contributed by atoms with Crippen molar-refractivity contribution >= 4 is 17.6 Å². The van der Waals surface area contributed by atoms with E-state index in [1.807, 2.05) is 10.1 Å². The van der Waals surface area contributed by atoms with Crippen molar-refractivity contribution in [2.75, 3.05) is 7.05 Å². The van der Waals surface area contributed by atoms with Gasteiger partial charge < -0.3 is 0 Å². The van der Waals surface area contributed by atoms with Crippen molar-refractivity contribution < 1.29 is 4.39 Å². The van der Waals surface area contributed by atoms with Gasteiger partial charge in [0.15, 0.2) is 0 Å². The summed E-state index contributed by atoms with van der Waals surface area (Å²) in [4.78, 5) is 5.14. The summed E-state index contributed by atoms with van der Waals surface area (Å²) in [5, 5.41) is 6.70. The van der Waals surface area contributed by atoms with E-state index in [2.05, 4.69) is 16.3 Å². The Labute approximate surface area is 133 Å². The molecule has 1 heterocycles. The summed E-state index contributed by atoms with van der Waals surface area (Å²) in [6, 6.07) is 6.52. The maximum atomic E-state index is 13.1. The molecule has 2 aromatic rings. The van der Waals surface area contributed by atoms with Crippen LogP contribution in [0.3, 0.4) is 0 Å². The molecule has 0 bridgehead atoms. The molecular weight excluding hydrogens is 297 g/mol. The lowest BCUT2D eigenvalue weighted by Crippen LogP contribution is -2.14. The highest BCUT2D eigenvalue weighted by Gasteiger charge is 2.12. The molecule has 3 nitrogen and oxygen atoms in total. The van der Waals surface area contributed by atoms with E-state index in [-0.39, 0.29) is 5.82 Å². The molecule has 5 heteroatoms. The lowest BCUT2D eigenvalue weighted by atomic mass is 9.90. The second kappa shape index (κ2) is 7.01. The number of hydrogen-bond acceptors (Lipinski definition) is 3. The molecular formula is C17H20FN3S. The van der Waals surface area contributed by atoms with Gasteiger partial charge in [-0.2, -0.15) is 5.10 Å². The fraction of sp³-hybridized carbons (Fsp3) is 0.412. The van der Waals surface area contributed by atoms with Crippen LogP contribution in [-0.4, -0.2) is 17.9 Å². The zero-order valence-electron chi connectivity index (χ0n) is 12.7. The third-order valence-electron chi connectivity index (χ3n) is 4.06. The van der Waals surface area contributed by atoms with Crippen LogP contribution in [0.15, 0.2) is 39.7 Å². The molecule has 22 heavy (non-hydrogen) atoms. The monoisotopic (exact) mass is 317 g/mol. The van der Waals surface area contributed by atoms with E-state index in [0.29, 0.717) is 5.92 Å². The zero-order valence-corrected chi connectivity index (χ0v) is 13.5. The van der Waals surface area contributed by atoms with Gasteiger partial charge >= 0.3 is 0 Å². The first-order chi connectivity index (χ1) is 10.8. The highest BCUT2D eigenvalue weighted by molar-refractivity contribution is 7.07. The molecule has 0 N–H and O–H groups in total. The topological polar surface area (TPSA) is 29.6 Å². The molecule has 0 spiro atoms. The van der Waals surface area contributed by atoms with Crippen LogP contribution in [0.1, 0.15) is 32.1 Å². The smallest absolute Gasteiger partial charge is 0.205 e. The maximum absolute atomic E-state index is 13.1. The second-order valence-electron chi connectivity index (χ2n) is 5.61. The van der Waals surface area contributed by atoms with Crippen molar-refractivity contribution in [3.63, 3.8) is 0 Å². The molecule has 1 aliphatic carbocycles. The molecule has 0 amide bonds. The fourth-order valence-electron chi connectivity index (χ4n) is 2.83. The minimum atomic E-state index is -0.225. The molecule has 0 radical (unpaired) electrons. The SMILES string of the molecule is CN=c1scc(-c2ccc(F)cc2)n1N=CC1CCCCC1. The van der Waals surface area contributed by atoms with Crippen molar-refractivity contribution in [2.45, 2.75) is 32.1 Å². The average molecular weight is 317 g/mol. The number of halogens is 1. The Morgan fingerprint density at radius 1 is 1.18 bits per heavy atom. The summed E-state index contributed by atoms with van der Waals surface area (Å²) in [5.74, 6) is 0.337. The number of thiazole rings is 1. The zero-order chi connectivity index (χ0) is 15.4. The molecule has 1 saturated carbocycles. The van der Waals surface area contributed by atoms with Crippen LogP contribution in [-0.2, 0) is 0 Å². The van der Waals surface area contributed by atoms with E-state index < -0.39 is 0 Å². The van der Waals surface area contributed by atoms with Crippen LogP contribution in [0.5, 0.6) is 0 Å². The van der Waals surface area contributed by atoms with Gasteiger partial charge in [0.25, 0.3) is 0 Å². The van der Waals surface area contributed by atoms with Crippen LogP contribution >= 0.6 is 11.3 Å². The van der Waals surface area contributed by atoms with E-state index in [1.165, 1.54) is 44.2 Å². The van der Waals surface area contributed by atoms with Gasteiger partial charge in [0.1, 0.15) is 5.82 Å². The first kappa shape index (κ1) is 15.2. The molecule has 3 rings (SSSR count). The maximum Gasteiger partial charge on any atom is 0.205 e. The van der Waals surface area contributed by atoms with Gasteiger partial charge in [0.2, 0.25) is 4.80 Å². The summed E-state index contributed by atoms with van der Waals surface area (Å²) in [6.45, 7) is 0. The van der Waals surface area contributed by atoms with Gasteiger partial charge in [-0.25, -0.2) is 9.07 Å². The minimum absolute atomic E-state index is 0.225. The van der Waals surface area contributed by atoms with Gasteiger partial charge in [-0.1, -0.05) is 19.3 Å². The molecule has 1 aromatic heterocycles. The number of nitrogens with zero attached hydrogens (tertiary/aromatic N) is 3. The standard InChI is InChI=1S/C17H20FN3S/c1-19-17-21(20-11-13-5-3-2-4-6-13)16(12-22-17)14-7-9-15(18)10-8-14/h7-13H,2-6H2,1H3. The largest absolute Gasteiger partial charge is 0.261 e. The Morgan fingerprint density at radius 2 is 1.91 bits per heavy atom. The average Bonchev–Trinajstić information content (AvgIpc) is 2.97. The first-order valence-electron chi connectivity index (χ1n) is 7.71. The van der Waals surface area contributed by atoms with Crippen molar-refractivity contribution in [3.05, 3.63) is 40.3 Å². The number of rotatable bonds is 3. The molecule has 1 fully saturated rings. The predicted molar refractivity (Wildman–Crippen MR) is 89.7 cm³/mol. The Morgan fingerprint density at radius 3 is 2.59 bits per heavy atom. The number of hydrogen-bond donors (Lipinski definition) is 0. The molecule has 0 aliphatic heterocycles. The number of aromatic nitrogens is 1. The third-order valence-corrected chi connectivity index (χ3v) is 4.97. The van der Waals surface area contributed by atoms with Crippen LogP contribution in [0, 0.1) is 11.7 Å². The molecule has 0 saturated heterocycles. The molecule has 1 aromatic carbocycles. The van der Waals surface area contributed by atoms with Crippen LogP contribution in [0.25, 0.3) is 11.3 Å². The van der Waals surface area contributed by atoms with Gasteiger partial charge in [0, 0.05) is 24.2 Å². The fourth-order valence-corrected chi connectivity index (χ4v) is 3.63. The van der Waals surface area contributed by atoms with Crippen LogP contribution < -0.4 is 4.80 Å². The van der Waals surface area contributed by atoms with E-state index in [0.717, 1.165) is 16.1 Å². The lowest BCUT2D eigenvalue weighted by molar-refractivity contribution is 0.443. The third kappa shape index (κ3) is 3.35. The van der Waals surface area contributed by atoms with Gasteiger partial charge in [-0.3, -0.25) is 4.99 Å². The summed E-state index contributed by atoms with van der Waals surface area (Å²) in [6.07, 6.45) is 8.43. The van der Waals surface area contributed by atoms with Crippen LogP contribution in [0.2, 0.25) is 0 Å². The predicted octanol–water partition coefficient (Wildman–Crippen LogP) is 4.30. The minimum Gasteiger partial charge on any atom is -0.261 e. The van der Waals surface area contributed by atoms with Crippen molar-refractivity contribution in [1.82, 2.24) is 4.68 Å². The van der Waals surface area contributed by atoms with E-state index in [9.17, 15) is 4.39 Å². The second-order valence-corrected chi connectivity index (χ2v) is 6.45. The summed E-state index contributed by atoms with van der Waals surface area (Å²) >= 11 is 1.55. The number of benzene rings is 1. The molecule has 0 unspecified atom stereocenters. The lowest BCUT2D eigenvalue weighted by Gasteiger charge is -2.17. The van der Waals surface area contributed by atoms with Gasteiger partial charge in [0.05, 0.1) is 5.69 Å². The van der Waals surface area contributed by atoms with Crippen molar-refractivity contribution in [3.8, 4) is 11.3 Å². The van der Waals surface area contributed by atoms with E-state index >= 15 is 0 Å². The normalized spacial score (nSPS) is 17.5. The Bertz CT molecular complexity index is 706. The Balaban J connectivity index is 1.93. The van der Waals surface area contributed by atoms with Crippen molar-refractivity contribution in [1.29, 1.82) is 0 Å². The summed E-state index contributed by atoms with van der Waals surface area (Å²) in [5.41, 5.74) is 1.91. The van der Waals surface area contributed by atoms with Gasteiger partial charge in [-0.05, 0) is 43.0 Å². The Kier molecular flexibility index (Phi) is 4.83.